The number of fused-ring (bicyclic) bond motifs is 1. The van der Waals surface area contributed by atoms with E-state index in [1.54, 1.807) is 28.5 Å². The summed E-state index contributed by atoms with van der Waals surface area (Å²) in [6.45, 7) is 3.55. The number of nitrogens with zero attached hydrogens (tertiary/aromatic N) is 4. The van der Waals surface area contributed by atoms with E-state index in [0.29, 0.717) is 55.7 Å². The molecule has 3 N–H and O–H groups in total. The van der Waals surface area contributed by atoms with Crippen LogP contribution in [0, 0.1) is 0 Å². The second-order valence-corrected chi connectivity index (χ2v) is 10.9. The number of anilines is 1. The molecule has 1 fully saturated rings. The number of carbonyl (C=O) groups excluding carboxylic acids is 2. The van der Waals surface area contributed by atoms with Crippen LogP contribution in [0.5, 0.6) is 0 Å². The summed E-state index contributed by atoms with van der Waals surface area (Å²) >= 11 is 0.753. The molecule has 0 saturated carbocycles. The molecule has 45 heavy (non-hydrogen) atoms. The number of hydrogen-bond donors (Lipinski definition) is 3. The third kappa shape index (κ3) is 7.54. The molecule has 0 radical (unpaired) electrons. The number of aromatic carboxylic acids is 1. The van der Waals surface area contributed by atoms with Gasteiger partial charge < -0.3 is 21.3 Å². The van der Waals surface area contributed by atoms with Crippen LogP contribution in [0.25, 0.3) is 32.6 Å². The molecule has 1 saturated heterocycles. The first-order chi connectivity index (χ1) is 21.0. The molecule has 0 spiro atoms. The molecule has 4 aromatic rings. The van der Waals surface area contributed by atoms with Gasteiger partial charge in [-0.05, 0) is 43.5 Å². The third-order valence-electron chi connectivity index (χ3n) is 7.13. The van der Waals surface area contributed by atoms with Crippen molar-refractivity contribution in [3.63, 3.8) is 0 Å². The molecule has 3 aromatic heterocycles. The first-order valence-electron chi connectivity index (χ1n) is 13.7. The number of nitrogens with one attached hydrogen (secondary N) is 2. The summed E-state index contributed by atoms with van der Waals surface area (Å²) in [5.41, 5.74) is -0.885. The topological polar surface area (TPSA) is 147 Å². The largest absolute Gasteiger partial charge is 1.00 e. The fourth-order valence-electron chi connectivity index (χ4n) is 5.05. The molecule has 0 bridgehead atoms. The van der Waals surface area contributed by atoms with Crippen molar-refractivity contribution < 1.29 is 63.6 Å². The number of alkyl halides is 3. The van der Waals surface area contributed by atoms with Crippen LogP contribution in [0.2, 0.25) is 0 Å². The molecular formula is C29H28F3N6NaO5S. The number of likely N-dealkylation sites (tertiary alicyclic amines) is 1. The van der Waals surface area contributed by atoms with Crippen molar-refractivity contribution in [1.82, 2.24) is 24.8 Å². The van der Waals surface area contributed by atoms with E-state index in [1.165, 1.54) is 24.5 Å². The second-order valence-electron chi connectivity index (χ2n) is 10.1. The molecule has 4 heterocycles. The minimum atomic E-state index is -4.67. The monoisotopic (exact) mass is 652 g/mol. The number of amides is 3. The molecule has 0 unspecified atom stereocenters. The zero-order valence-electron chi connectivity index (χ0n) is 25.4. The van der Waals surface area contributed by atoms with E-state index in [1.807, 2.05) is 0 Å². The molecule has 1 aromatic carbocycles. The normalized spacial score (nSPS) is 13.2. The van der Waals surface area contributed by atoms with Crippen LogP contribution in [0.1, 0.15) is 43.7 Å². The third-order valence-corrected chi connectivity index (χ3v) is 8.00. The molecule has 5 rings (SSSR count). The van der Waals surface area contributed by atoms with Gasteiger partial charge in [0, 0.05) is 66.9 Å². The maximum atomic E-state index is 13.4. The summed E-state index contributed by atoms with van der Waals surface area (Å²) in [7, 11) is 0. The Morgan fingerprint density at radius 2 is 1.93 bits per heavy atom. The SMILES string of the molecule is CCNC(=O)Nc1cc(-c2nc(C(F)(F)F)cs2)c(-c2ccc3c(c2)c(=O)c(C(=O)O)cn3CCCN2CCCC2=O)cn1.[H-].[Na+]. The fraction of sp³-hybridized carbons (Fsp3) is 0.310. The fourth-order valence-corrected chi connectivity index (χ4v) is 5.91. The van der Waals surface area contributed by atoms with Crippen LogP contribution in [-0.2, 0) is 17.5 Å². The molecule has 11 nitrogen and oxygen atoms in total. The van der Waals surface area contributed by atoms with Crippen LogP contribution in [-0.4, -0.2) is 62.1 Å². The van der Waals surface area contributed by atoms with Gasteiger partial charge in [0.25, 0.3) is 0 Å². The van der Waals surface area contributed by atoms with Gasteiger partial charge in [-0.3, -0.25) is 14.9 Å². The number of carboxylic acid groups (broad SMARTS) is 1. The predicted octanol–water partition coefficient (Wildman–Crippen LogP) is 2.17. The number of aryl methyl sites for hydroxylation is 1. The van der Waals surface area contributed by atoms with Gasteiger partial charge in [-0.2, -0.15) is 13.2 Å². The zero-order valence-corrected chi connectivity index (χ0v) is 27.2. The van der Waals surface area contributed by atoms with Gasteiger partial charge in [0.15, 0.2) is 5.69 Å². The van der Waals surface area contributed by atoms with Gasteiger partial charge in [-0.25, -0.2) is 19.6 Å². The van der Waals surface area contributed by atoms with E-state index in [0.717, 1.165) is 23.1 Å². The zero-order chi connectivity index (χ0) is 31.6. The van der Waals surface area contributed by atoms with Crippen molar-refractivity contribution in [3.05, 3.63) is 63.5 Å². The summed E-state index contributed by atoms with van der Waals surface area (Å²) in [5.74, 6) is -1.27. The van der Waals surface area contributed by atoms with E-state index >= 15 is 0 Å². The number of halogens is 3. The Morgan fingerprint density at radius 3 is 2.58 bits per heavy atom. The summed E-state index contributed by atoms with van der Waals surface area (Å²) in [4.78, 5) is 59.1. The number of urea groups is 1. The predicted molar refractivity (Wildman–Crippen MR) is 159 cm³/mol. The smallest absolute Gasteiger partial charge is 1.00 e. The van der Waals surface area contributed by atoms with Crippen molar-refractivity contribution in [2.75, 3.05) is 25.0 Å². The Balaban J connectivity index is 0.00000288. The quantitative estimate of drug-likeness (QED) is 0.235. The number of hydrogen-bond acceptors (Lipinski definition) is 7. The number of rotatable bonds is 9. The van der Waals surface area contributed by atoms with Gasteiger partial charge in [0.2, 0.25) is 11.3 Å². The first-order valence-corrected chi connectivity index (χ1v) is 14.6. The van der Waals surface area contributed by atoms with Crippen LogP contribution < -0.4 is 45.6 Å². The molecule has 1 aliphatic heterocycles. The minimum absolute atomic E-state index is 0. The van der Waals surface area contributed by atoms with E-state index in [9.17, 15) is 37.5 Å². The Bertz CT molecular complexity index is 1830. The minimum Gasteiger partial charge on any atom is -1.00 e. The van der Waals surface area contributed by atoms with Crippen LogP contribution in [0.4, 0.5) is 23.8 Å². The summed E-state index contributed by atoms with van der Waals surface area (Å²) < 4.78 is 41.8. The molecule has 1 aliphatic rings. The van der Waals surface area contributed by atoms with Crippen molar-refractivity contribution >= 4 is 46.0 Å². The summed E-state index contributed by atoms with van der Waals surface area (Å²) in [6.07, 6.45) is -0.215. The molecule has 232 valence electrons. The maximum absolute atomic E-state index is 13.4. The van der Waals surface area contributed by atoms with E-state index in [2.05, 4.69) is 20.6 Å². The average molecular weight is 653 g/mol. The number of thiazole rings is 1. The van der Waals surface area contributed by atoms with Crippen molar-refractivity contribution in [1.29, 1.82) is 0 Å². The maximum Gasteiger partial charge on any atom is 1.00 e. The molecule has 0 atom stereocenters. The van der Waals surface area contributed by atoms with Gasteiger partial charge in [-0.15, -0.1) is 11.3 Å². The summed E-state index contributed by atoms with van der Waals surface area (Å²) in [5, 5.41) is 15.8. The van der Waals surface area contributed by atoms with Crippen LogP contribution in [0.15, 0.2) is 46.8 Å². The van der Waals surface area contributed by atoms with E-state index < -0.39 is 34.9 Å². The van der Waals surface area contributed by atoms with Crippen molar-refractivity contribution in [3.8, 4) is 21.7 Å². The van der Waals surface area contributed by atoms with E-state index in [4.69, 9.17) is 0 Å². The number of benzene rings is 1. The molecular weight excluding hydrogens is 624 g/mol. The number of aromatic nitrogens is 3. The molecule has 0 aliphatic carbocycles. The number of carboxylic acids is 1. The Morgan fingerprint density at radius 1 is 1.16 bits per heavy atom. The van der Waals surface area contributed by atoms with Gasteiger partial charge >= 0.3 is 47.7 Å². The number of pyridine rings is 2. The Kier molecular flexibility index (Phi) is 10.7. The molecule has 3 amide bonds. The van der Waals surface area contributed by atoms with Gasteiger partial charge in [0.1, 0.15) is 16.4 Å². The van der Waals surface area contributed by atoms with Crippen molar-refractivity contribution in [2.45, 2.75) is 38.9 Å². The molecule has 16 heteroatoms. The van der Waals surface area contributed by atoms with E-state index in [-0.39, 0.29) is 58.7 Å². The standard InChI is InChI=1S/C29H27F3N6O5S.Na.H/c1-2-33-28(43)36-23-12-17(26-35-22(15-44-26)29(30,31)32)19(13-34-23)16-6-7-21-18(11-16)25(40)20(27(41)42)14-38(21)10-4-9-37-8-3-5-24(37)39;;/h6-7,11-15H,2-5,8-10H2,1H3,(H,41,42)(H2,33,34,36,43);;/q;+1;-1. The second kappa shape index (κ2) is 14.1. The Labute approximate surface area is 282 Å². The van der Waals surface area contributed by atoms with Crippen LogP contribution >= 0.6 is 11.3 Å². The first kappa shape index (κ1) is 34.1. The van der Waals surface area contributed by atoms with Gasteiger partial charge in [-0.1, -0.05) is 6.07 Å². The van der Waals surface area contributed by atoms with Crippen molar-refractivity contribution in [2.24, 2.45) is 0 Å². The van der Waals surface area contributed by atoms with Gasteiger partial charge in [0.05, 0.1) is 5.52 Å². The average Bonchev–Trinajstić information content (AvgIpc) is 3.64. The number of carbonyl (C=O) groups is 3. The summed E-state index contributed by atoms with van der Waals surface area (Å²) in [6, 6.07) is 5.58. The Hall–Kier alpha value is -3.79. The van der Waals surface area contributed by atoms with Crippen LogP contribution in [0.3, 0.4) is 0 Å².